The number of aliphatic imine (C=N–C) groups is 1. The highest BCUT2D eigenvalue weighted by atomic mass is 19.4. The van der Waals surface area contributed by atoms with Crippen LogP contribution in [0, 0.1) is 13.8 Å². The van der Waals surface area contributed by atoms with E-state index in [9.17, 15) is 13.2 Å². The van der Waals surface area contributed by atoms with E-state index in [1.807, 2.05) is 13.8 Å². The number of hydrogen-bond donors (Lipinski definition) is 2. The Bertz CT molecular complexity index is 841. The minimum atomic E-state index is -4.30. The average Bonchev–Trinajstić information content (AvgIpc) is 3.27. The fourth-order valence-electron chi connectivity index (χ4n) is 3.70. The van der Waals surface area contributed by atoms with E-state index in [0.29, 0.717) is 13.1 Å². The van der Waals surface area contributed by atoms with Crippen molar-refractivity contribution in [2.45, 2.75) is 45.5 Å². The van der Waals surface area contributed by atoms with E-state index in [4.69, 9.17) is 4.52 Å². The van der Waals surface area contributed by atoms with Crippen molar-refractivity contribution >= 4 is 5.96 Å². The summed E-state index contributed by atoms with van der Waals surface area (Å²) in [5.74, 6) is 1.58. The predicted octanol–water partition coefficient (Wildman–Crippen LogP) is 3.29. The quantitative estimate of drug-likeness (QED) is 0.551. The minimum absolute atomic E-state index is 0.240. The van der Waals surface area contributed by atoms with Gasteiger partial charge in [0.05, 0.1) is 11.3 Å². The van der Waals surface area contributed by atoms with Gasteiger partial charge >= 0.3 is 6.18 Å². The van der Waals surface area contributed by atoms with Crippen LogP contribution in [0.25, 0.3) is 0 Å². The molecule has 1 unspecified atom stereocenters. The molecule has 0 aliphatic carbocycles. The number of rotatable bonds is 6. The fraction of sp³-hybridized carbons (Fsp3) is 0.524. The Balaban J connectivity index is 1.44. The third-order valence-electron chi connectivity index (χ3n) is 5.37. The van der Waals surface area contributed by atoms with Gasteiger partial charge < -0.3 is 15.2 Å². The molecule has 2 aromatic rings. The number of hydrogen-bond acceptors (Lipinski definition) is 4. The number of likely N-dealkylation sites (tertiary alicyclic amines) is 1. The second kappa shape index (κ2) is 9.51. The zero-order valence-corrected chi connectivity index (χ0v) is 17.5. The minimum Gasteiger partial charge on any atom is -0.361 e. The van der Waals surface area contributed by atoms with Gasteiger partial charge in [0.2, 0.25) is 0 Å². The summed E-state index contributed by atoms with van der Waals surface area (Å²) in [4.78, 5) is 6.52. The third kappa shape index (κ3) is 5.75. The topological polar surface area (TPSA) is 65.7 Å². The summed E-state index contributed by atoms with van der Waals surface area (Å²) >= 11 is 0. The molecule has 2 N–H and O–H groups in total. The molecule has 0 radical (unpaired) electrons. The van der Waals surface area contributed by atoms with Gasteiger partial charge in [-0.05, 0) is 44.4 Å². The molecular formula is C21H28F3N5O. The molecule has 1 aromatic carbocycles. The molecule has 0 amide bonds. The summed E-state index contributed by atoms with van der Waals surface area (Å²) in [6.45, 7) is 6.88. The lowest BCUT2D eigenvalue weighted by molar-refractivity contribution is -0.137. The first-order valence-corrected chi connectivity index (χ1v) is 10.0. The number of aromatic nitrogens is 1. The molecule has 164 valence electrons. The van der Waals surface area contributed by atoms with Gasteiger partial charge in [0, 0.05) is 44.8 Å². The van der Waals surface area contributed by atoms with Gasteiger partial charge in [-0.1, -0.05) is 17.3 Å². The van der Waals surface area contributed by atoms with E-state index in [1.54, 1.807) is 19.2 Å². The molecule has 1 aliphatic heterocycles. The molecule has 9 heteroatoms. The molecule has 0 spiro atoms. The van der Waals surface area contributed by atoms with Gasteiger partial charge in [-0.15, -0.1) is 0 Å². The van der Waals surface area contributed by atoms with E-state index in [-0.39, 0.29) is 6.04 Å². The van der Waals surface area contributed by atoms with Crippen molar-refractivity contribution in [2.75, 3.05) is 26.7 Å². The molecule has 1 saturated heterocycles. The van der Waals surface area contributed by atoms with Crippen molar-refractivity contribution in [1.29, 1.82) is 0 Å². The lowest BCUT2D eigenvalue weighted by atomic mass is 10.1. The van der Waals surface area contributed by atoms with Crippen LogP contribution < -0.4 is 10.6 Å². The molecule has 1 fully saturated rings. The first-order chi connectivity index (χ1) is 14.3. The van der Waals surface area contributed by atoms with Crippen LogP contribution in [0.15, 0.2) is 33.8 Å². The Kier molecular flexibility index (Phi) is 7.02. The Morgan fingerprint density at radius 3 is 2.60 bits per heavy atom. The number of alkyl halides is 3. The van der Waals surface area contributed by atoms with Crippen LogP contribution in [0.4, 0.5) is 13.2 Å². The number of guanidine groups is 1. The molecule has 3 rings (SSSR count). The van der Waals surface area contributed by atoms with Crippen molar-refractivity contribution < 1.29 is 17.7 Å². The van der Waals surface area contributed by atoms with Crippen LogP contribution in [0.1, 0.15) is 34.6 Å². The Morgan fingerprint density at radius 2 is 2.00 bits per heavy atom. The molecule has 1 atom stereocenters. The molecule has 2 heterocycles. The average molecular weight is 423 g/mol. The smallest absolute Gasteiger partial charge is 0.361 e. The van der Waals surface area contributed by atoms with Crippen LogP contribution in [0.3, 0.4) is 0 Å². The summed E-state index contributed by atoms with van der Waals surface area (Å²) in [5.41, 5.74) is 2.29. The number of nitrogens with zero attached hydrogens (tertiary/aromatic N) is 3. The van der Waals surface area contributed by atoms with E-state index >= 15 is 0 Å². The number of aryl methyl sites for hydroxylation is 2. The fourth-order valence-corrected chi connectivity index (χ4v) is 3.70. The Morgan fingerprint density at radius 1 is 1.27 bits per heavy atom. The van der Waals surface area contributed by atoms with Crippen LogP contribution >= 0.6 is 0 Å². The van der Waals surface area contributed by atoms with Crippen LogP contribution in [-0.2, 0) is 19.1 Å². The van der Waals surface area contributed by atoms with Crippen molar-refractivity contribution in [2.24, 2.45) is 4.99 Å². The molecule has 30 heavy (non-hydrogen) atoms. The Labute approximate surface area is 174 Å². The van der Waals surface area contributed by atoms with Crippen molar-refractivity contribution in [3.05, 3.63) is 52.4 Å². The zero-order chi connectivity index (χ0) is 21.7. The summed E-state index contributed by atoms with van der Waals surface area (Å²) in [7, 11) is 1.74. The van der Waals surface area contributed by atoms with Gasteiger partial charge in [0.1, 0.15) is 5.76 Å². The van der Waals surface area contributed by atoms with Gasteiger partial charge in [0.25, 0.3) is 0 Å². The van der Waals surface area contributed by atoms with E-state index in [0.717, 1.165) is 66.6 Å². The monoisotopic (exact) mass is 423 g/mol. The number of nitrogens with one attached hydrogen (secondary N) is 2. The van der Waals surface area contributed by atoms with Crippen LogP contribution in [0.5, 0.6) is 0 Å². The predicted molar refractivity (Wildman–Crippen MR) is 109 cm³/mol. The SMILES string of the molecule is CN=C(NCCc1c(C)noc1C)NC1CCN(Cc2ccc(C(F)(F)F)cc2)C1. The van der Waals surface area contributed by atoms with E-state index in [1.165, 1.54) is 0 Å². The molecule has 6 nitrogen and oxygen atoms in total. The normalized spacial score (nSPS) is 18.1. The summed E-state index contributed by atoms with van der Waals surface area (Å²) in [6.07, 6.45) is -2.55. The highest BCUT2D eigenvalue weighted by molar-refractivity contribution is 5.80. The van der Waals surface area contributed by atoms with Crippen molar-refractivity contribution in [3.8, 4) is 0 Å². The maximum absolute atomic E-state index is 12.7. The zero-order valence-electron chi connectivity index (χ0n) is 17.5. The van der Waals surface area contributed by atoms with Gasteiger partial charge in [0.15, 0.2) is 5.96 Å². The maximum Gasteiger partial charge on any atom is 0.416 e. The summed E-state index contributed by atoms with van der Waals surface area (Å²) < 4.78 is 43.3. The third-order valence-corrected chi connectivity index (χ3v) is 5.37. The van der Waals surface area contributed by atoms with E-state index in [2.05, 4.69) is 25.7 Å². The number of halogens is 3. The standard InChI is InChI=1S/C21H28F3N5O/c1-14-19(15(2)30-28-14)8-10-26-20(25-3)27-18-9-11-29(13-18)12-16-4-6-17(7-5-16)21(22,23)24/h4-7,18H,8-13H2,1-3H3,(H2,25,26,27). The van der Waals surface area contributed by atoms with E-state index < -0.39 is 11.7 Å². The van der Waals surface area contributed by atoms with Crippen LogP contribution in [-0.4, -0.2) is 48.7 Å². The largest absolute Gasteiger partial charge is 0.416 e. The molecule has 0 saturated carbocycles. The lowest BCUT2D eigenvalue weighted by Crippen LogP contribution is -2.45. The second-order valence-corrected chi connectivity index (χ2v) is 7.61. The first-order valence-electron chi connectivity index (χ1n) is 10.0. The number of benzene rings is 1. The highest BCUT2D eigenvalue weighted by Gasteiger charge is 2.30. The highest BCUT2D eigenvalue weighted by Crippen LogP contribution is 2.29. The molecule has 0 bridgehead atoms. The summed E-state index contributed by atoms with van der Waals surface area (Å²) in [6, 6.07) is 5.64. The molecule has 1 aliphatic rings. The van der Waals surface area contributed by atoms with Gasteiger partial charge in [-0.2, -0.15) is 13.2 Å². The summed E-state index contributed by atoms with van der Waals surface area (Å²) in [5, 5.41) is 10.7. The van der Waals surface area contributed by atoms with Gasteiger partial charge in [-0.3, -0.25) is 9.89 Å². The second-order valence-electron chi connectivity index (χ2n) is 7.61. The Hall–Kier alpha value is -2.55. The van der Waals surface area contributed by atoms with Crippen molar-refractivity contribution in [1.82, 2.24) is 20.7 Å². The maximum atomic E-state index is 12.7. The molecule has 1 aromatic heterocycles. The molecular weight excluding hydrogens is 395 g/mol. The lowest BCUT2D eigenvalue weighted by Gasteiger charge is -2.19. The first kappa shape index (κ1) is 22.1. The van der Waals surface area contributed by atoms with Crippen LogP contribution in [0.2, 0.25) is 0 Å². The van der Waals surface area contributed by atoms with Gasteiger partial charge in [-0.25, -0.2) is 0 Å². The van der Waals surface area contributed by atoms with Crippen molar-refractivity contribution in [3.63, 3.8) is 0 Å².